The first-order valence-corrected chi connectivity index (χ1v) is 10.0. The van der Waals surface area contributed by atoms with Crippen molar-refractivity contribution in [2.75, 3.05) is 0 Å². The molecule has 0 amide bonds. The molecule has 0 aliphatic heterocycles. The molecule has 140 valence electrons. The van der Waals surface area contributed by atoms with E-state index in [4.69, 9.17) is 0 Å². The maximum atomic E-state index is 13.3. The molecule has 0 bridgehead atoms. The number of pyridine rings is 1. The van der Waals surface area contributed by atoms with Gasteiger partial charge in [-0.25, -0.2) is 4.79 Å². The van der Waals surface area contributed by atoms with Crippen LogP contribution in [0, 0.1) is 6.92 Å². The standard InChI is InChI=1S/C21H18N4O2S/c1-13-5-7-14(8-6-13)12-24-18-17(16-4-2-3-11-22-16)23-28-19(18)20(26)25(21(24)27)15-9-10-15/h2-8,11,15H,9-10,12H2,1H3. The van der Waals surface area contributed by atoms with E-state index >= 15 is 0 Å². The molecule has 28 heavy (non-hydrogen) atoms. The van der Waals surface area contributed by atoms with Crippen LogP contribution in [0.2, 0.25) is 0 Å². The molecule has 0 unspecified atom stereocenters. The number of hydrogen-bond acceptors (Lipinski definition) is 5. The molecule has 0 spiro atoms. The third-order valence-electron chi connectivity index (χ3n) is 5.07. The monoisotopic (exact) mass is 390 g/mol. The Morgan fingerprint density at radius 2 is 1.89 bits per heavy atom. The molecule has 1 aliphatic rings. The van der Waals surface area contributed by atoms with Crippen molar-refractivity contribution in [1.82, 2.24) is 18.5 Å². The first-order chi connectivity index (χ1) is 13.6. The van der Waals surface area contributed by atoms with Crippen LogP contribution in [0.4, 0.5) is 0 Å². The third kappa shape index (κ3) is 2.79. The van der Waals surface area contributed by atoms with E-state index in [0.29, 0.717) is 28.1 Å². The maximum Gasteiger partial charge on any atom is 0.332 e. The molecule has 0 saturated heterocycles. The smallest absolute Gasteiger partial charge is 0.286 e. The van der Waals surface area contributed by atoms with Gasteiger partial charge < -0.3 is 0 Å². The molecule has 0 N–H and O–H groups in total. The highest BCUT2D eigenvalue weighted by molar-refractivity contribution is 7.13. The summed E-state index contributed by atoms with van der Waals surface area (Å²) in [5.41, 5.74) is 3.50. The largest absolute Gasteiger partial charge is 0.332 e. The predicted octanol–water partition coefficient (Wildman–Crippen LogP) is 3.37. The maximum absolute atomic E-state index is 13.3. The van der Waals surface area contributed by atoms with Gasteiger partial charge in [-0.1, -0.05) is 35.9 Å². The summed E-state index contributed by atoms with van der Waals surface area (Å²) in [6, 6.07) is 13.6. The van der Waals surface area contributed by atoms with E-state index in [1.807, 2.05) is 49.4 Å². The Balaban J connectivity index is 1.80. The van der Waals surface area contributed by atoms with Gasteiger partial charge in [-0.3, -0.25) is 18.9 Å². The number of nitrogens with zero attached hydrogens (tertiary/aromatic N) is 4. The fourth-order valence-electron chi connectivity index (χ4n) is 3.45. The zero-order valence-corrected chi connectivity index (χ0v) is 16.1. The lowest BCUT2D eigenvalue weighted by Gasteiger charge is -2.13. The predicted molar refractivity (Wildman–Crippen MR) is 110 cm³/mol. The molecule has 1 saturated carbocycles. The summed E-state index contributed by atoms with van der Waals surface area (Å²) in [5, 5.41) is 0. The normalized spacial score (nSPS) is 13.9. The minimum Gasteiger partial charge on any atom is -0.286 e. The van der Waals surface area contributed by atoms with Crippen molar-refractivity contribution in [2.24, 2.45) is 0 Å². The highest BCUT2D eigenvalue weighted by atomic mass is 32.1. The van der Waals surface area contributed by atoms with Gasteiger partial charge in [0.25, 0.3) is 5.56 Å². The summed E-state index contributed by atoms with van der Waals surface area (Å²) in [4.78, 5) is 30.7. The van der Waals surface area contributed by atoms with Gasteiger partial charge in [0.1, 0.15) is 10.4 Å². The SMILES string of the molecule is Cc1ccc(Cn2c(=O)n(C3CC3)c(=O)c3snc(-c4ccccn4)c32)cc1. The summed E-state index contributed by atoms with van der Waals surface area (Å²) >= 11 is 1.15. The lowest BCUT2D eigenvalue weighted by atomic mass is 10.1. The molecular weight excluding hydrogens is 372 g/mol. The molecule has 0 atom stereocenters. The van der Waals surface area contributed by atoms with E-state index in [2.05, 4.69) is 9.36 Å². The van der Waals surface area contributed by atoms with Crippen LogP contribution in [0.3, 0.4) is 0 Å². The van der Waals surface area contributed by atoms with Crippen LogP contribution in [0.1, 0.15) is 30.0 Å². The lowest BCUT2D eigenvalue weighted by Crippen LogP contribution is -2.39. The van der Waals surface area contributed by atoms with Crippen molar-refractivity contribution in [1.29, 1.82) is 0 Å². The summed E-state index contributed by atoms with van der Waals surface area (Å²) in [6.07, 6.45) is 3.43. The fraction of sp³-hybridized carbons (Fsp3) is 0.238. The van der Waals surface area contributed by atoms with Crippen LogP contribution >= 0.6 is 11.5 Å². The average molecular weight is 390 g/mol. The van der Waals surface area contributed by atoms with Crippen LogP contribution in [-0.2, 0) is 6.54 Å². The Labute approximate surface area is 164 Å². The quantitative estimate of drug-likeness (QED) is 0.536. The van der Waals surface area contributed by atoms with E-state index < -0.39 is 0 Å². The van der Waals surface area contributed by atoms with Crippen LogP contribution < -0.4 is 11.2 Å². The zero-order valence-electron chi connectivity index (χ0n) is 15.3. The molecule has 1 aromatic carbocycles. The van der Waals surface area contributed by atoms with Crippen LogP contribution in [-0.4, -0.2) is 18.5 Å². The van der Waals surface area contributed by atoms with Gasteiger partial charge in [0.15, 0.2) is 0 Å². The third-order valence-corrected chi connectivity index (χ3v) is 5.89. The lowest BCUT2D eigenvalue weighted by molar-refractivity contribution is 0.608. The Bertz CT molecular complexity index is 1280. The first-order valence-electron chi connectivity index (χ1n) is 9.25. The van der Waals surface area contributed by atoms with Gasteiger partial charge in [0.2, 0.25) is 0 Å². The van der Waals surface area contributed by atoms with Crippen LogP contribution in [0.5, 0.6) is 0 Å². The van der Waals surface area contributed by atoms with E-state index in [1.165, 1.54) is 4.57 Å². The van der Waals surface area contributed by atoms with E-state index in [0.717, 1.165) is 35.5 Å². The van der Waals surface area contributed by atoms with Crippen molar-refractivity contribution < 1.29 is 0 Å². The number of hydrogen-bond donors (Lipinski definition) is 0. The van der Waals surface area contributed by atoms with Crippen molar-refractivity contribution in [3.63, 3.8) is 0 Å². The van der Waals surface area contributed by atoms with Gasteiger partial charge in [0.05, 0.1) is 17.8 Å². The molecular formula is C21H18N4O2S. The number of aryl methyl sites for hydroxylation is 1. The molecule has 5 rings (SSSR count). The molecule has 0 radical (unpaired) electrons. The number of rotatable bonds is 4. The van der Waals surface area contributed by atoms with Gasteiger partial charge in [-0.05, 0) is 49.0 Å². The Morgan fingerprint density at radius 3 is 2.57 bits per heavy atom. The first kappa shape index (κ1) is 17.1. The fourth-order valence-corrected chi connectivity index (χ4v) is 4.28. The van der Waals surface area contributed by atoms with Crippen molar-refractivity contribution in [3.8, 4) is 11.4 Å². The van der Waals surface area contributed by atoms with Crippen molar-refractivity contribution in [3.05, 3.63) is 80.6 Å². The number of fused-ring (bicyclic) bond motifs is 1. The Hall–Kier alpha value is -3.06. The molecule has 1 fully saturated rings. The topological polar surface area (TPSA) is 69.8 Å². The highest BCUT2D eigenvalue weighted by Crippen LogP contribution is 2.34. The molecule has 4 aromatic rings. The average Bonchev–Trinajstić information content (AvgIpc) is 3.44. The van der Waals surface area contributed by atoms with Crippen LogP contribution in [0.25, 0.3) is 21.6 Å². The van der Waals surface area contributed by atoms with Crippen molar-refractivity contribution in [2.45, 2.75) is 32.4 Å². The second-order valence-corrected chi connectivity index (χ2v) is 7.96. The highest BCUT2D eigenvalue weighted by Gasteiger charge is 2.30. The van der Waals surface area contributed by atoms with E-state index in [-0.39, 0.29) is 17.3 Å². The van der Waals surface area contributed by atoms with E-state index in [9.17, 15) is 9.59 Å². The molecule has 6 nitrogen and oxygen atoms in total. The summed E-state index contributed by atoms with van der Waals surface area (Å²) in [7, 11) is 0. The van der Waals surface area contributed by atoms with Gasteiger partial charge >= 0.3 is 5.69 Å². The molecule has 1 aliphatic carbocycles. The van der Waals surface area contributed by atoms with Gasteiger partial charge in [-0.2, -0.15) is 4.37 Å². The summed E-state index contributed by atoms with van der Waals surface area (Å²) in [6.45, 7) is 2.42. The second-order valence-electron chi connectivity index (χ2n) is 7.18. The second kappa shape index (κ2) is 6.53. The molecule has 3 heterocycles. The minimum absolute atomic E-state index is 0.00840. The summed E-state index contributed by atoms with van der Waals surface area (Å²) in [5.74, 6) is 0. The van der Waals surface area contributed by atoms with Crippen molar-refractivity contribution >= 4 is 21.7 Å². The number of benzene rings is 1. The Morgan fingerprint density at radius 1 is 1.11 bits per heavy atom. The number of aromatic nitrogens is 4. The molecule has 3 aromatic heterocycles. The van der Waals surface area contributed by atoms with Crippen LogP contribution in [0.15, 0.2) is 58.3 Å². The molecule has 7 heteroatoms. The van der Waals surface area contributed by atoms with Gasteiger partial charge in [-0.15, -0.1) is 0 Å². The zero-order chi connectivity index (χ0) is 19.3. The van der Waals surface area contributed by atoms with E-state index in [1.54, 1.807) is 10.8 Å². The van der Waals surface area contributed by atoms with Gasteiger partial charge in [0, 0.05) is 12.2 Å². The Kier molecular flexibility index (Phi) is 3.98. The summed E-state index contributed by atoms with van der Waals surface area (Å²) < 4.78 is 8.13. The minimum atomic E-state index is -0.266.